The maximum atomic E-state index is 5.65. The van der Waals surface area contributed by atoms with E-state index in [1.165, 1.54) is 69.8 Å². The normalized spacial score (nSPS) is 32.7. The minimum Gasteiger partial charge on any atom is -0.496 e. The van der Waals surface area contributed by atoms with E-state index < -0.39 is 0 Å². The summed E-state index contributed by atoms with van der Waals surface area (Å²) in [5.41, 5.74) is 1.45. The maximum absolute atomic E-state index is 5.65. The highest BCUT2D eigenvalue weighted by molar-refractivity contribution is 5.36. The number of rotatable bonds is 3. The fourth-order valence-corrected chi connectivity index (χ4v) is 5.62. The molecule has 0 N–H and O–H groups in total. The Balaban J connectivity index is 1.54. The smallest absolute Gasteiger partial charge is 0.122 e. The lowest BCUT2D eigenvalue weighted by Crippen LogP contribution is -2.44. The Morgan fingerprint density at radius 2 is 1.52 bits per heavy atom. The van der Waals surface area contributed by atoms with Crippen LogP contribution in [0.1, 0.15) is 75.7 Å². The van der Waals surface area contributed by atoms with E-state index in [4.69, 9.17) is 4.74 Å². The van der Waals surface area contributed by atoms with Crippen LogP contribution in [0.2, 0.25) is 0 Å². The highest BCUT2D eigenvalue weighted by Crippen LogP contribution is 2.45. The van der Waals surface area contributed by atoms with E-state index in [2.05, 4.69) is 29.2 Å². The molecule has 0 amide bonds. The Morgan fingerprint density at radius 3 is 2.35 bits per heavy atom. The van der Waals surface area contributed by atoms with Crippen molar-refractivity contribution >= 4 is 0 Å². The number of hydrogen-bond donors (Lipinski definition) is 0. The molecule has 3 unspecified atom stereocenters. The Morgan fingerprint density at radius 1 is 0.826 bits per heavy atom. The van der Waals surface area contributed by atoms with Gasteiger partial charge in [-0.1, -0.05) is 37.5 Å². The van der Waals surface area contributed by atoms with Crippen LogP contribution in [0.4, 0.5) is 0 Å². The molecule has 0 radical (unpaired) electrons. The van der Waals surface area contributed by atoms with Crippen LogP contribution in [-0.2, 0) is 0 Å². The Hall–Kier alpha value is -1.02. The maximum Gasteiger partial charge on any atom is 0.122 e. The van der Waals surface area contributed by atoms with Gasteiger partial charge in [-0.2, -0.15) is 0 Å². The summed E-state index contributed by atoms with van der Waals surface area (Å²) in [6.45, 7) is 0. The predicted octanol–water partition coefficient (Wildman–Crippen LogP) is 5.13. The van der Waals surface area contributed by atoms with Crippen molar-refractivity contribution in [1.29, 1.82) is 0 Å². The quantitative estimate of drug-likeness (QED) is 0.767. The van der Waals surface area contributed by atoms with Crippen molar-refractivity contribution in [3.05, 3.63) is 29.8 Å². The minimum atomic E-state index is 0.688. The second-order valence-electron chi connectivity index (χ2n) is 7.88. The first-order valence-electron chi connectivity index (χ1n) is 9.77. The molecule has 0 spiro atoms. The molecule has 2 heteroatoms. The fourth-order valence-electron chi connectivity index (χ4n) is 5.62. The highest BCUT2D eigenvalue weighted by Gasteiger charge is 2.41. The van der Waals surface area contributed by atoms with E-state index in [1.54, 1.807) is 0 Å². The second-order valence-corrected chi connectivity index (χ2v) is 7.88. The second kappa shape index (κ2) is 6.84. The first-order chi connectivity index (χ1) is 11.4. The zero-order chi connectivity index (χ0) is 15.6. The average molecular weight is 313 g/mol. The Bertz CT molecular complexity index is 522. The molecular weight excluding hydrogens is 282 g/mol. The third-order valence-corrected chi connectivity index (χ3v) is 6.66. The molecule has 4 rings (SSSR count). The van der Waals surface area contributed by atoms with Crippen LogP contribution in [0.15, 0.2) is 24.3 Å². The zero-order valence-electron chi connectivity index (χ0n) is 14.5. The molecule has 0 aromatic heterocycles. The van der Waals surface area contributed by atoms with Crippen molar-refractivity contribution in [2.45, 2.75) is 88.3 Å². The third-order valence-electron chi connectivity index (χ3n) is 6.66. The van der Waals surface area contributed by atoms with Crippen molar-refractivity contribution in [1.82, 2.24) is 4.90 Å². The number of para-hydroxylation sites is 1. The monoisotopic (exact) mass is 313 g/mol. The van der Waals surface area contributed by atoms with E-state index in [-0.39, 0.29) is 0 Å². The van der Waals surface area contributed by atoms with Gasteiger partial charge in [-0.3, -0.25) is 4.90 Å². The largest absolute Gasteiger partial charge is 0.496 e. The minimum absolute atomic E-state index is 0.688. The van der Waals surface area contributed by atoms with Crippen LogP contribution in [0.25, 0.3) is 0 Å². The van der Waals surface area contributed by atoms with E-state index in [0.29, 0.717) is 5.92 Å². The molecule has 2 nitrogen and oxygen atoms in total. The lowest BCUT2D eigenvalue weighted by molar-refractivity contribution is 0.0999. The van der Waals surface area contributed by atoms with Gasteiger partial charge in [0.25, 0.3) is 0 Å². The summed E-state index contributed by atoms with van der Waals surface area (Å²) in [4.78, 5) is 2.98. The lowest BCUT2D eigenvalue weighted by Gasteiger charge is -2.38. The molecule has 1 saturated carbocycles. The lowest BCUT2D eigenvalue weighted by atomic mass is 9.85. The molecule has 126 valence electrons. The van der Waals surface area contributed by atoms with Crippen LogP contribution in [0, 0.1) is 0 Å². The SMILES string of the molecule is COc1ccccc1C1CCC2CCC(C1)N2C1CCCCC1. The number of methoxy groups -OCH3 is 1. The number of benzene rings is 1. The summed E-state index contributed by atoms with van der Waals surface area (Å²) in [5, 5.41) is 0. The first-order valence-corrected chi connectivity index (χ1v) is 9.77. The van der Waals surface area contributed by atoms with Crippen LogP contribution in [-0.4, -0.2) is 30.1 Å². The van der Waals surface area contributed by atoms with Gasteiger partial charge in [-0.05, 0) is 62.5 Å². The molecule has 1 aliphatic carbocycles. The molecule has 2 aliphatic heterocycles. The molecule has 23 heavy (non-hydrogen) atoms. The number of hydrogen-bond acceptors (Lipinski definition) is 2. The van der Waals surface area contributed by atoms with Gasteiger partial charge in [0.05, 0.1) is 7.11 Å². The number of fused-ring (bicyclic) bond motifs is 2. The van der Waals surface area contributed by atoms with Crippen molar-refractivity contribution in [3.8, 4) is 5.75 Å². The summed E-state index contributed by atoms with van der Waals surface area (Å²) in [5.74, 6) is 1.78. The van der Waals surface area contributed by atoms with E-state index in [1.807, 2.05) is 7.11 Å². The van der Waals surface area contributed by atoms with Crippen LogP contribution in [0.3, 0.4) is 0 Å². The van der Waals surface area contributed by atoms with Gasteiger partial charge in [0.1, 0.15) is 5.75 Å². The summed E-state index contributed by atoms with van der Waals surface area (Å²) in [6, 6.07) is 11.3. The van der Waals surface area contributed by atoms with E-state index in [9.17, 15) is 0 Å². The molecule has 2 saturated heterocycles. The number of ether oxygens (including phenoxy) is 1. The van der Waals surface area contributed by atoms with E-state index in [0.717, 1.165) is 23.9 Å². The highest BCUT2D eigenvalue weighted by atomic mass is 16.5. The Kier molecular flexibility index (Phi) is 4.61. The van der Waals surface area contributed by atoms with Gasteiger partial charge in [0.2, 0.25) is 0 Å². The molecule has 3 aliphatic rings. The van der Waals surface area contributed by atoms with Crippen LogP contribution in [0.5, 0.6) is 5.75 Å². The molecule has 2 bridgehead atoms. The molecule has 1 aromatic carbocycles. The van der Waals surface area contributed by atoms with Crippen molar-refractivity contribution in [2.75, 3.05) is 7.11 Å². The average Bonchev–Trinajstić information content (AvgIpc) is 2.90. The summed E-state index contributed by atoms with van der Waals surface area (Å²) >= 11 is 0. The topological polar surface area (TPSA) is 12.5 Å². The van der Waals surface area contributed by atoms with Crippen molar-refractivity contribution in [3.63, 3.8) is 0 Å². The van der Waals surface area contributed by atoms with Gasteiger partial charge >= 0.3 is 0 Å². The molecular formula is C21H31NO. The predicted molar refractivity (Wildman–Crippen MR) is 95.1 cm³/mol. The van der Waals surface area contributed by atoms with Crippen LogP contribution < -0.4 is 4.74 Å². The summed E-state index contributed by atoms with van der Waals surface area (Å²) in [6.07, 6.45) is 14.2. The Labute approximate surface area is 141 Å². The fraction of sp³-hybridized carbons (Fsp3) is 0.714. The van der Waals surface area contributed by atoms with Crippen molar-refractivity contribution in [2.24, 2.45) is 0 Å². The standard InChI is InChI=1S/C21H31NO/c1-23-21-10-6-5-9-20(21)16-11-12-18-13-14-19(15-16)22(18)17-7-3-2-4-8-17/h5-6,9-10,16-19H,2-4,7-8,11-15H2,1H3. The molecule has 3 atom stereocenters. The van der Waals surface area contributed by atoms with Gasteiger partial charge in [0, 0.05) is 18.1 Å². The third kappa shape index (κ3) is 3.03. The van der Waals surface area contributed by atoms with Gasteiger partial charge in [-0.25, -0.2) is 0 Å². The molecule has 1 aromatic rings. The molecule has 3 fully saturated rings. The van der Waals surface area contributed by atoms with Gasteiger partial charge < -0.3 is 4.74 Å². The molecule has 2 heterocycles. The van der Waals surface area contributed by atoms with Crippen LogP contribution >= 0.6 is 0 Å². The summed E-state index contributed by atoms with van der Waals surface area (Å²) in [7, 11) is 1.82. The summed E-state index contributed by atoms with van der Waals surface area (Å²) < 4.78 is 5.65. The first kappa shape index (κ1) is 15.5. The van der Waals surface area contributed by atoms with E-state index >= 15 is 0 Å². The van der Waals surface area contributed by atoms with Gasteiger partial charge in [-0.15, -0.1) is 0 Å². The van der Waals surface area contributed by atoms with Crippen molar-refractivity contribution < 1.29 is 4.74 Å². The number of nitrogens with zero attached hydrogens (tertiary/aromatic N) is 1. The zero-order valence-corrected chi connectivity index (χ0v) is 14.5. The van der Waals surface area contributed by atoms with Gasteiger partial charge in [0.15, 0.2) is 0 Å².